The molecule has 0 spiro atoms. The lowest BCUT2D eigenvalue weighted by Gasteiger charge is -2.43. The number of nitrogens with zero attached hydrogens (tertiary/aromatic N) is 2. The molecule has 2 fully saturated rings. The largest absolute Gasteiger partial charge is 0.327 e. The Morgan fingerprint density at radius 1 is 1.14 bits per heavy atom. The van der Waals surface area contributed by atoms with Crippen LogP contribution >= 0.6 is 0 Å². The van der Waals surface area contributed by atoms with E-state index >= 15 is 0 Å². The van der Waals surface area contributed by atoms with Crippen molar-refractivity contribution in [2.24, 2.45) is 5.73 Å². The summed E-state index contributed by atoms with van der Waals surface area (Å²) in [5, 5.41) is 9.75. The molecule has 2 N–H and O–H groups in total. The Morgan fingerprint density at radius 2 is 1.86 bits per heavy atom. The first kappa shape index (κ1) is 14.6. The van der Waals surface area contributed by atoms with Gasteiger partial charge < -0.3 is 5.73 Å². The van der Waals surface area contributed by atoms with E-state index in [0.29, 0.717) is 12.1 Å². The SMILES string of the molecule is N#CC1(c2ccccc2)CCC(N2CCCC(N)C2)CC1. The fourth-order valence-corrected chi connectivity index (χ4v) is 4.05. The van der Waals surface area contributed by atoms with Crippen LogP contribution in [0.5, 0.6) is 0 Å². The number of hydrogen-bond donors (Lipinski definition) is 1. The zero-order valence-electron chi connectivity index (χ0n) is 12.7. The first-order valence-corrected chi connectivity index (χ1v) is 8.20. The number of rotatable bonds is 2. The van der Waals surface area contributed by atoms with Gasteiger partial charge in [0, 0.05) is 18.6 Å². The van der Waals surface area contributed by atoms with Crippen molar-refractivity contribution >= 4 is 0 Å². The summed E-state index contributed by atoms with van der Waals surface area (Å²) in [5.41, 5.74) is 7.04. The van der Waals surface area contributed by atoms with Crippen molar-refractivity contribution in [2.75, 3.05) is 13.1 Å². The average Bonchev–Trinajstić information content (AvgIpc) is 2.56. The molecule has 2 aliphatic rings. The molecule has 1 aliphatic heterocycles. The number of likely N-dealkylation sites (tertiary alicyclic amines) is 1. The minimum absolute atomic E-state index is 0.268. The molecule has 1 saturated carbocycles. The molecular weight excluding hydrogens is 258 g/mol. The monoisotopic (exact) mass is 283 g/mol. The molecule has 1 atom stereocenters. The number of benzene rings is 1. The summed E-state index contributed by atoms with van der Waals surface area (Å²) in [4.78, 5) is 2.57. The van der Waals surface area contributed by atoms with Gasteiger partial charge >= 0.3 is 0 Å². The predicted molar refractivity (Wildman–Crippen MR) is 84.8 cm³/mol. The van der Waals surface area contributed by atoms with Crippen molar-refractivity contribution in [1.29, 1.82) is 5.26 Å². The molecule has 0 aromatic heterocycles. The van der Waals surface area contributed by atoms with Crippen LogP contribution in [0.4, 0.5) is 0 Å². The Bertz CT molecular complexity index is 497. The van der Waals surface area contributed by atoms with Gasteiger partial charge in [0.05, 0.1) is 11.5 Å². The summed E-state index contributed by atoms with van der Waals surface area (Å²) in [6.45, 7) is 2.22. The molecule has 1 aromatic rings. The Morgan fingerprint density at radius 3 is 2.48 bits per heavy atom. The van der Waals surface area contributed by atoms with Crippen molar-refractivity contribution in [3.8, 4) is 6.07 Å². The third kappa shape index (κ3) is 2.97. The van der Waals surface area contributed by atoms with Gasteiger partial charge in [0.1, 0.15) is 0 Å². The molecule has 21 heavy (non-hydrogen) atoms. The number of piperidine rings is 1. The van der Waals surface area contributed by atoms with E-state index in [2.05, 4.69) is 23.1 Å². The maximum absolute atomic E-state index is 9.75. The highest BCUT2D eigenvalue weighted by Gasteiger charge is 2.39. The van der Waals surface area contributed by atoms with Gasteiger partial charge in [-0.1, -0.05) is 30.3 Å². The van der Waals surface area contributed by atoms with Gasteiger partial charge in [-0.05, 0) is 50.6 Å². The van der Waals surface area contributed by atoms with E-state index in [0.717, 1.165) is 38.6 Å². The molecule has 1 unspecified atom stereocenters. The molecule has 112 valence electrons. The van der Waals surface area contributed by atoms with Gasteiger partial charge in [-0.25, -0.2) is 0 Å². The number of nitriles is 1. The Balaban J connectivity index is 1.68. The summed E-state index contributed by atoms with van der Waals surface area (Å²) in [6, 6.07) is 13.9. The third-order valence-corrected chi connectivity index (χ3v) is 5.35. The van der Waals surface area contributed by atoms with E-state index in [1.165, 1.54) is 18.5 Å². The van der Waals surface area contributed by atoms with Gasteiger partial charge in [-0.15, -0.1) is 0 Å². The van der Waals surface area contributed by atoms with E-state index in [-0.39, 0.29) is 5.41 Å². The molecule has 1 heterocycles. The van der Waals surface area contributed by atoms with Crippen LogP contribution in [-0.4, -0.2) is 30.1 Å². The fraction of sp³-hybridized carbons (Fsp3) is 0.611. The first-order chi connectivity index (χ1) is 10.2. The quantitative estimate of drug-likeness (QED) is 0.908. The van der Waals surface area contributed by atoms with Gasteiger partial charge in [0.2, 0.25) is 0 Å². The van der Waals surface area contributed by atoms with Crippen LogP contribution < -0.4 is 5.73 Å². The minimum Gasteiger partial charge on any atom is -0.327 e. The fourth-order valence-electron chi connectivity index (χ4n) is 4.05. The zero-order chi connectivity index (χ0) is 14.7. The summed E-state index contributed by atoms with van der Waals surface area (Å²) >= 11 is 0. The Kier molecular flexibility index (Phi) is 4.28. The van der Waals surface area contributed by atoms with Crippen LogP contribution in [0.15, 0.2) is 30.3 Å². The summed E-state index contributed by atoms with van der Waals surface area (Å²) in [5.74, 6) is 0. The second-order valence-electron chi connectivity index (χ2n) is 6.69. The normalized spacial score (nSPS) is 34.3. The molecule has 3 heteroatoms. The molecular formula is C18H25N3. The number of hydrogen-bond acceptors (Lipinski definition) is 3. The summed E-state index contributed by atoms with van der Waals surface area (Å²) < 4.78 is 0. The highest BCUT2D eigenvalue weighted by molar-refractivity contribution is 5.33. The van der Waals surface area contributed by atoms with Crippen molar-refractivity contribution in [2.45, 2.75) is 56.0 Å². The highest BCUT2D eigenvalue weighted by atomic mass is 15.2. The highest BCUT2D eigenvalue weighted by Crippen LogP contribution is 2.40. The Labute approximate surface area is 127 Å². The van der Waals surface area contributed by atoms with E-state index in [1.807, 2.05) is 18.2 Å². The second-order valence-corrected chi connectivity index (χ2v) is 6.69. The molecule has 1 aromatic carbocycles. The van der Waals surface area contributed by atoms with Crippen LogP contribution in [-0.2, 0) is 5.41 Å². The molecule has 0 bridgehead atoms. The smallest absolute Gasteiger partial charge is 0.0823 e. The lowest BCUT2D eigenvalue weighted by molar-refractivity contribution is 0.106. The van der Waals surface area contributed by atoms with Crippen molar-refractivity contribution < 1.29 is 0 Å². The number of nitrogens with two attached hydrogens (primary N) is 1. The molecule has 3 nitrogen and oxygen atoms in total. The predicted octanol–water partition coefficient (Wildman–Crippen LogP) is 2.81. The van der Waals surface area contributed by atoms with E-state index in [4.69, 9.17) is 5.73 Å². The van der Waals surface area contributed by atoms with E-state index in [1.54, 1.807) is 0 Å². The molecule has 0 amide bonds. The average molecular weight is 283 g/mol. The molecule has 0 radical (unpaired) electrons. The lowest BCUT2D eigenvalue weighted by atomic mass is 9.69. The van der Waals surface area contributed by atoms with Gasteiger partial charge in [-0.3, -0.25) is 4.90 Å². The first-order valence-electron chi connectivity index (χ1n) is 8.20. The van der Waals surface area contributed by atoms with Crippen molar-refractivity contribution in [3.63, 3.8) is 0 Å². The van der Waals surface area contributed by atoms with E-state index < -0.39 is 0 Å². The van der Waals surface area contributed by atoms with Crippen molar-refractivity contribution in [1.82, 2.24) is 4.90 Å². The minimum atomic E-state index is -0.268. The van der Waals surface area contributed by atoms with Crippen LogP contribution in [0.3, 0.4) is 0 Å². The standard InChI is InChI=1S/C18H25N3/c19-14-18(15-5-2-1-3-6-15)10-8-17(9-11-18)21-12-4-7-16(20)13-21/h1-3,5-6,16-17H,4,7-13,20H2. The van der Waals surface area contributed by atoms with Crippen LogP contribution in [0.2, 0.25) is 0 Å². The maximum Gasteiger partial charge on any atom is 0.0823 e. The van der Waals surface area contributed by atoms with Gasteiger partial charge in [0.15, 0.2) is 0 Å². The topological polar surface area (TPSA) is 53.0 Å². The lowest BCUT2D eigenvalue weighted by Crippen LogP contribution is -2.50. The molecule has 1 aliphatic carbocycles. The zero-order valence-corrected chi connectivity index (χ0v) is 12.7. The second kappa shape index (κ2) is 6.17. The summed E-state index contributed by atoms with van der Waals surface area (Å²) in [7, 11) is 0. The Hall–Kier alpha value is -1.37. The molecule has 1 saturated heterocycles. The van der Waals surface area contributed by atoms with Gasteiger partial charge in [0.25, 0.3) is 0 Å². The molecule has 3 rings (SSSR count). The third-order valence-electron chi connectivity index (χ3n) is 5.35. The van der Waals surface area contributed by atoms with Gasteiger partial charge in [-0.2, -0.15) is 5.26 Å². The summed E-state index contributed by atoms with van der Waals surface area (Å²) in [6.07, 6.45) is 6.58. The van der Waals surface area contributed by atoms with Crippen LogP contribution in [0.1, 0.15) is 44.1 Å². The van der Waals surface area contributed by atoms with Crippen molar-refractivity contribution in [3.05, 3.63) is 35.9 Å². The maximum atomic E-state index is 9.75. The van der Waals surface area contributed by atoms with Crippen LogP contribution in [0.25, 0.3) is 0 Å². The van der Waals surface area contributed by atoms with Crippen LogP contribution in [0, 0.1) is 11.3 Å². The van der Waals surface area contributed by atoms with E-state index in [9.17, 15) is 5.26 Å².